The molecule has 0 aromatic rings. The average molecular weight is 214 g/mol. The van der Waals surface area contributed by atoms with Crippen LogP contribution in [0.3, 0.4) is 0 Å². The van der Waals surface area contributed by atoms with Crippen molar-refractivity contribution in [3.63, 3.8) is 0 Å². The van der Waals surface area contributed by atoms with Gasteiger partial charge in [-0.25, -0.2) is 0 Å². The van der Waals surface area contributed by atoms with Crippen LogP contribution in [0.25, 0.3) is 0 Å². The van der Waals surface area contributed by atoms with Crippen molar-refractivity contribution in [3.05, 3.63) is 0 Å². The molecule has 0 unspecified atom stereocenters. The van der Waals surface area contributed by atoms with Crippen LogP contribution in [0.4, 0.5) is 0 Å². The van der Waals surface area contributed by atoms with Crippen LogP contribution in [0.15, 0.2) is 0 Å². The van der Waals surface area contributed by atoms with Gasteiger partial charge in [-0.2, -0.15) is 0 Å². The van der Waals surface area contributed by atoms with Gasteiger partial charge >= 0.3 is 0 Å². The number of aliphatic hydroxyl groups excluding tert-OH is 1. The number of aliphatic hydroxyl groups is 2. The normalized spacial score (nSPS) is 22.4. The molecule has 1 aliphatic rings. The highest BCUT2D eigenvalue weighted by atomic mass is 16.3. The molecule has 2 N–H and O–H groups in total. The quantitative estimate of drug-likeness (QED) is 0.706. The Bertz CT molecular complexity index is 169. The molecular weight excluding hydrogens is 188 g/mol. The van der Waals surface area contributed by atoms with Crippen molar-refractivity contribution in [1.29, 1.82) is 0 Å². The van der Waals surface area contributed by atoms with Gasteiger partial charge < -0.3 is 10.2 Å². The fourth-order valence-electron chi connectivity index (χ4n) is 3.12. The zero-order valence-corrected chi connectivity index (χ0v) is 10.3. The highest BCUT2D eigenvalue weighted by molar-refractivity contribution is 4.98. The fourth-order valence-corrected chi connectivity index (χ4v) is 3.12. The molecule has 0 atom stereocenters. The molecule has 2 nitrogen and oxygen atoms in total. The Labute approximate surface area is 93.7 Å². The molecule has 0 amide bonds. The summed E-state index contributed by atoms with van der Waals surface area (Å²) in [6.07, 6.45) is 8.17. The fraction of sp³-hybridized carbons (Fsp3) is 1.00. The third-order valence-electron chi connectivity index (χ3n) is 4.57. The molecule has 1 aliphatic carbocycles. The molecule has 1 rings (SSSR count). The summed E-state index contributed by atoms with van der Waals surface area (Å²) in [6, 6.07) is 0. The van der Waals surface area contributed by atoms with Gasteiger partial charge in [0, 0.05) is 5.41 Å². The van der Waals surface area contributed by atoms with E-state index in [1.54, 1.807) is 0 Å². The van der Waals surface area contributed by atoms with Crippen molar-refractivity contribution in [2.24, 2.45) is 5.41 Å². The van der Waals surface area contributed by atoms with E-state index in [1.165, 1.54) is 12.8 Å². The highest BCUT2D eigenvalue weighted by Crippen LogP contribution is 2.45. The monoisotopic (exact) mass is 214 g/mol. The molecule has 0 heterocycles. The average Bonchev–Trinajstić information content (AvgIpc) is 2.47. The minimum atomic E-state index is -0.623. The van der Waals surface area contributed by atoms with Gasteiger partial charge in [0.2, 0.25) is 0 Å². The van der Waals surface area contributed by atoms with Crippen molar-refractivity contribution in [2.45, 2.75) is 70.8 Å². The summed E-state index contributed by atoms with van der Waals surface area (Å²) in [5.41, 5.74) is -0.890. The maximum atomic E-state index is 10.8. The third kappa shape index (κ3) is 2.36. The van der Waals surface area contributed by atoms with Crippen molar-refractivity contribution >= 4 is 0 Å². The van der Waals surface area contributed by atoms with Crippen LogP contribution in [0.1, 0.15) is 65.2 Å². The van der Waals surface area contributed by atoms with Gasteiger partial charge in [0.1, 0.15) is 0 Å². The molecule has 0 aromatic heterocycles. The lowest BCUT2D eigenvalue weighted by atomic mass is 9.65. The first kappa shape index (κ1) is 13.0. The Morgan fingerprint density at radius 2 is 1.47 bits per heavy atom. The second-order valence-corrected chi connectivity index (χ2v) is 5.09. The van der Waals surface area contributed by atoms with Gasteiger partial charge in [0.15, 0.2) is 0 Å². The molecular formula is C13H26O2. The summed E-state index contributed by atoms with van der Waals surface area (Å²) < 4.78 is 0. The van der Waals surface area contributed by atoms with Crippen molar-refractivity contribution < 1.29 is 10.2 Å². The summed E-state index contributed by atoms with van der Waals surface area (Å²) in [6.45, 7) is 4.29. The van der Waals surface area contributed by atoms with E-state index < -0.39 is 5.60 Å². The summed E-state index contributed by atoms with van der Waals surface area (Å²) in [5.74, 6) is 0. The minimum Gasteiger partial charge on any atom is -0.396 e. The molecule has 1 saturated carbocycles. The molecule has 0 aliphatic heterocycles. The summed E-state index contributed by atoms with van der Waals surface area (Å²) in [7, 11) is 0. The lowest BCUT2D eigenvalue weighted by Gasteiger charge is -2.45. The maximum absolute atomic E-state index is 10.8. The molecule has 0 aromatic carbocycles. The molecule has 15 heavy (non-hydrogen) atoms. The maximum Gasteiger partial charge on any atom is 0.0725 e. The zero-order valence-electron chi connectivity index (χ0n) is 10.3. The second-order valence-electron chi connectivity index (χ2n) is 5.09. The van der Waals surface area contributed by atoms with E-state index in [1.807, 2.05) is 0 Å². The SMILES string of the molecule is CCC(CC)(CO)C1(O)CCCCCC1. The molecule has 90 valence electrons. The van der Waals surface area contributed by atoms with Crippen LogP contribution in [0, 0.1) is 5.41 Å². The van der Waals surface area contributed by atoms with E-state index in [0.717, 1.165) is 38.5 Å². The van der Waals surface area contributed by atoms with Crippen molar-refractivity contribution in [2.75, 3.05) is 6.61 Å². The molecule has 0 radical (unpaired) electrons. The van der Waals surface area contributed by atoms with Gasteiger partial charge in [-0.1, -0.05) is 39.5 Å². The van der Waals surface area contributed by atoms with Crippen LogP contribution in [-0.4, -0.2) is 22.4 Å². The third-order valence-corrected chi connectivity index (χ3v) is 4.57. The second kappa shape index (κ2) is 5.31. The number of rotatable bonds is 4. The van der Waals surface area contributed by atoms with E-state index in [2.05, 4.69) is 13.8 Å². The number of hydrogen-bond donors (Lipinski definition) is 2. The first-order valence-corrected chi connectivity index (χ1v) is 6.47. The summed E-state index contributed by atoms with van der Waals surface area (Å²) in [4.78, 5) is 0. The predicted octanol–water partition coefficient (Wildman–Crippen LogP) is 2.87. The molecule has 1 fully saturated rings. The van der Waals surface area contributed by atoms with E-state index >= 15 is 0 Å². The van der Waals surface area contributed by atoms with E-state index in [-0.39, 0.29) is 12.0 Å². The van der Waals surface area contributed by atoms with Crippen LogP contribution >= 0.6 is 0 Å². The van der Waals surface area contributed by atoms with Crippen molar-refractivity contribution in [3.8, 4) is 0 Å². The smallest absolute Gasteiger partial charge is 0.0725 e. The number of hydrogen-bond acceptors (Lipinski definition) is 2. The van der Waals surface area contributed by atoms with Gasteiger partial charge in [-0.05, 0) is 25.7 Å². The zero-order chi connectivity index (χ0) is 11.4. The molecule has 2 heteroatoms. The molecule has 0 bridgehead atoms. The Morgan fingerprint density at radius 3 is 1.80 bits per heavy atom. The van der Waals surface area contributed by atoms with Crippen LogP contribution in [-0.2, 0) is 0 Å². The van der Waals surface area contributed by atoms with Gasteiger partial charge in [0.05, 0.1) is 12.2 Å². The summed E-state index contributed by atoms with van der Waals surface area (Å²) in [5, 5.41) is 20.4. The lowest BCUT2D eigenvalue weighted by Crippen LogP contribution is -2.49. The Morgan fingerprint density at radius 1 is 1.00 bits per heavy atom. The van der Waals surface area contributed by atoms with Crippen LogP contribution in [0.5, 0.6) is 0 Å². The van der Waals surface area contributed by atoms with E-state index in [0.29, 0.717) is 0 Å². The highest BCUT2D eigenvalue weighted by Gasteiger charge is 2.46. The molecule has 0 saturated heterocycles. The molecule has 0 spiro atoms. The van der Waals surface area contributed by atoms with E-state index in [9.17, 15) is 10.2 Å². The van der Waals surface area contributed by atoms with Crippen LogP contribution < -0.4 is 0 Å². The first-order chi connectivity index (χ1) is 7.14. The van der Waals surface area contributed by atoms with Crippen molar-refractivity contribution in [1.82, 2.24) is 0 Å². The predicted molar refractivity (Wildman–Crippen MR) is 62.8 cm³/mol. The standard InChI is InChI=1S/C13H26O2/c1-3-12(4-2,11-14)13(15)9-7-5-6-8-10-13/h14-15H,3-11H2,1-2H3. The largest absolute Gasteiger partial charge is 0.396 e. The van der Waals surface area contributed by atoms with Gasteiger partial charge in [0.25, 0.3) is 0 Å². The van der Waals surface area contributed by atoms with E-state index in [4.69, 9.17) is 0 Å². The minimum absolute atomic E-state index is 0.122. The lowest BCUT2D eigenvalue weighted by molar-refractivity contribution is -0.123. The Balaban J connectivity index is 2.86. The topological polar surface area (TPSA) is 40.5 Å². The van der Waals surface area contributed by atoms with Gasteiger partial charge in [-0.3, -0.25) is 0 Å². The Hall–Kier alpha value is -0.0800. The van der Waals surface area contributed by atoms with Gasteiger partial charge in [-0.15, -0.1) is 0 Å². The Kier molecular flexibility index (Phi) is 4.60. The summed E-state index contributed by atoms with van der Waals surface area (Å²) >= 11 is 0. The first-order valence-electron chi connectivity index (χ1n) is 6.47. The van der Waals surface area contributed by atoms with Crippen LogP contribution in [0.2, 0.25) is 0 Å².